The molecule has 5 N–H and O–H groups in total. The second-order valence-electron chi connectivity index (χ2n) is 4.67. The molecule has 6 heteroatoms. The summed E-state index contributed by atoms with van der Waals surface area (Å²) in [5.41, 5.74) is 7.55. The van der Waals surface area contributed by atoms with E-state index in [1.165, 1.54) is 24.3 Å². The van der Waals surface area contributed by atoms with E-state index in [-0.39, 0.29) is 11.6 Å². The van der Waals surface area contributed by atoms with E-state index in [1.54, 1.807) is 0 Å². The summed E-state index contributed by atoms with van der Waals surface area (Å²) < 4.78 is 0. The van der Waals surface area contributed by atoms with E-state index in [4.69, 9.17) is 10.9 Å². The Morgan fingerprint density at radius 1 is 1.19 bits per heavy atom. The molecule has 2 aromatic carbocycles. The first-order valence-electron chi connectivity index (χ1n) is 6.50. The number of hydrogen-bond acceptors (Lipinski definition) is 4. The monoisotopic (exact) mass is 287 g/mol. The van der Waals surface area contributed by atoms with Crippen LogP contribution in [0.25, 0.3) is 0 Å². The molecule has 21 heavy (non-hydrogen) atoms. The molecule has 6 nitrogen and oxygen atoms in total. The lowest BCUT2D eigenvalue weighted by molar-refractivity contribution is -0.991. The summed E-state index contributed by atoms with van der Waals surface area (Å²) in [4.78, 5) is 12.0. The standard InChI is InChI=1S/C15H17N3O3/c16-14(10-11-4-2-1-3-5-11)15(19)17-12-6-8-13(9-7-12)18(20)21/h1-9,14,18,20H,10,16H2,(H,17,19)/t14-/m0/s1. The van der Waals surface area contributed by atoms with Crippen molar-refractivity contribution >= 4 is 17.3 Å². The maximum Gasteiger partial charge on any atom is 0.241 e. The summed E-state index contributed by atoms with van der Waals surface area (Å²) in [6, 6.07) is 14.8. The van der Waals surface area contributed by atoms with Gasteiger partial charge >= 0.3 is 0 Å². The number of carbonyl (C=O) groups excluding carboxylic acids is 1. The molecular formula is C15H17N3O3. The Bertz CT molecular complexity index is 585. The van der Waals surface area contributed by atoms with Crippen molar-refractivity contribution in [3.63, 3.8) is 0 Å². The molecule has 0 heterocycles. The first-order chi connectivity index (χ1) is 10.1. The third-order valence-corrected chi connectivity index (χ3v) is 3.03. The predicted molar refractivity (Wildman–Crippen MR) is 79.0 cm³/mol. The Kier molecular flexibility index (Phi) is 5.02. The topological polar surface area (TPSA) is 103 Å². The fourth-order valence-corrected chi connectivity index (χ4v) is 1.89. The number of anilines is 1. The summed E-state index contributed by atoms with van der Waals surface area (Å²) in [6.07, 6.45) is 0.444. The summed E-state index contributed by atoms with van der Waals surface area (Å²) in [5, 5.41) is 21.2. The van der Waals surface area contributed by atoms with Crippen molar-refractivity contribution in [2.75, 3.05) is 5.32 Å². The summed E-state index contributed by atoms with van der Waals surface area (Å²) >= 11 is 0. The molecular weight excluding hydrogens is 270 g/mol. The highest BCUT2D eigenvalue weighted by Gasteiger charge is 2.14. The average molecular weight is 287 g/mol. The Morgan fingerprint density at radius 2 is 1.81 bits per heavy atom. The van der Waals surface area contributed by atoms with Gasteiger partial charge in [0.2, 0.25) is 5.91 Å². The van der Waals surface area contributed by atoms with Gasteiger partial charge in [0.05, 0.1) is 6.04 Å². The number of nitrogens with one attached hydrogen (secondary N) is 2. The molecule has 1 unspecified atom stereocenters. The highest BCUT2D eigenvalue weighted by Crippen LogP contribution is 2.11. The van der Waals surface area contributed by atoms with E-state index in [9.17, 15) is 10.0 Å². The molecule has 0 radical (unpaired) electrons. The minimum Gasteiger partial charge on any atom is -0.595 e. The summed E-state index contributed by atoms with van der Waals surface area (Å²) in [7, 11) is 0. The van der Waals surface area contributed by atoms with Crippen LogP contribution in [0.2, 0.25) is 0 Å². The molecule has 2 rings (SSSR count). The van der Waals surface area contributed by atoms with Gasteiger partial charge in [-0.25, -0.2) is 5.21 Å². The molecule has 0 fully saturated rings. The van der Waals surface area contributed by atoms with Crippen molar-refractivity contribution < 1.29 is 15.2 Å². The van der Waals surface area contributed by atoms with Crippen LogP contribution in [0.4, 0.5) is 11.4 Å². The Morgan fingerprint density at radius 3 is 2.38 bits per heavy atom. The minimum atomic E-state index is -1.01. The maximum absolute atomic E-state index is 12.0. The van der Waals surface area contributed by atoms with Crippen LogP contribution in [0.5, 0.6) is 0 Å². The number of nitrogens with two attached hydrogens (primary N) is 1. The number of amides is 1. The molecule has 0 aromatic heterocycles. The third-order valence-electron chi connectivity index (χ3n) is 3.03. The molecule has 0 aliphatic rings. The Labute approximate surface area is 122 Å². The van der Waals surface area contributed by atoms with Crippen molar-refractivity contribution in [3.05, 3.63) is 65.4 Å². The van der Waals surface area contributed by atoms with Crippen LogP contribution in [0.1, 0.15) is 5.56 Å². The van der Waals surface area contributed by atoms with E-state index >= 15 is 0 Å². The number of rotatable bonds is 5. The lowest BCUT2D eigenvalue weighted by Crippen LogP contribution is -2.99. The summed E-state index contributed by atoms with van der Waals surface area (Å²) in [5.74, 6) is -0.304. The van der Waals surface area contributed by atoms with Crippen LogP contribution in [0.3, 0.4) is 0 Å². The number of quaternary nitrogens is 1. The second kappa shape index (κ2) is 6.96. The zero-order chi connectivity index (χ0) is 15.2. The van der Waals surface area contributed by atoms with Gasteiger partial charge in [0, 0.05) is 17.8 Å². The molecule has 0 aliphatic heterocycles. The Balaban J connectivity index is 1.94. The molecule has 0 aliphatic carbocycles. The van der Waals surface area contributed by atoms with Crippen LogP contribution in [0.15, 0.2) is 54.6 Å². The summed E-state index contributed by atoms with van der Waals surface area (Å²) in [6.45, 7) is 0. The van der Waals surface area contributed by atoms with Crippen LogP contribution >= 0.6 is 0 Å². The van der Waals surface area contributed by atoms with Gasteiger partial charge in [-0.15, -0.1) is 0 Å². The lowest BCUT2D eigenvalue weighted by Gasteiger charge is -2.14. The highest BCUT2D eigenvalue weighted by molar-refractivity contribution is 5.94. The number of hydrogen-bond donors (Lipinski definition) is 4. The smallest absolute Gasteiger partial charge is 0.241 e. The fourth-order valence-electron chi connectivity index (χ4n) is 1.89. The van der Waals surface area contributed by atoms with Gasteiger partial charge in [0.15, 0.2) is 5.69 Å². The zero-order valence-electron chi connectivity index (χ0n) is 11.3. The van der Waals surface area contributed by atoms with Crippen molar-refractivity contribution in [2.24, 2.45) is 5.73 Å². The normalized spacial score (nSPS) is 13.5. The Hall–Kier alpha value is -2.25. The van der Waals surface area contributed by atoms with E-state index in [1.807, 2.05) is 30.3 Å². The first kappa shape index (κ1) is 15.1. The van der Waals surface area contributed by atoms with Gasteiger partial charge in [-0.3, -0.25) is 4.79 Å². The molecule has 0 saturated heterocycles. The van der Waals surface area contributed by atoms with Crippen molar-refractivity contribution in [3.8, 4) is 0 Å². The largest absolute Gasteiger partial charge is 0.595 e. The van der Waals surface area contributed by atoms with Gasteiger partial charge in [-0.1, -0.05) is 30.3 Å². The maximum atomic E-state index is 12.0. The highest BCUT2D eigenvalue weighted by atomic mass is 16.8. The second-order valence-corrected chi connectivity index (χ2v) is 4.67. The van der Waals surface area contributed by atoms with Crippen LogP contribution < -0.4 is 16.3 Å². The number of benzene rings is 2. The van der Waals surface area contributed by atoms with Crippen LogP contribution in [-0.4, -0.2) is 17.2 Å². The van der Waals surface area contributed by atoms with E-state index in [2.05, 4.69) is 5.32 Å². The van der Waals surface area contributed by atoms with E-state index in [0.717, 1.165) is 5.56 Å². The van der Waals surface area contributed by atoms with E-state index < -0.39 is 11.3 Å². The van der Waals surface area contributed by atoms with Gasteiger partial charge in [-0.2, -0.15) is 5.23 Å². The molecule has 0 saturated carbocycles. The quantitative estimate of drug-likeness (QED) is 0.605. The van der Waals surface area contributed by atoms with Gasteiger partial charge in [-0.05, 0) is 24.1 Å². The van der Waals surface area contributed by atoms with Crippen LogP contribution in [-0.2, 0) is 11.2 Å². The lowest BCUT2D eigenvalue weighted by atomic mass is 10.1. The third kappa shape index (κ3) is 4.37. The molecule has 0 spiro atoms. The van der Waals surface area contributed by atoms with E-state index in [0.29, 0.717) is 12.1 Å². The average Bonchev–Trinajstić information content (AvgIpc) is 2.48. The van der Waals surface area contributed by atoms with Crippen molar-refractivity contribution in [1.82, 2.24) is 0 Å². The van der Waals surface area contributed by atoms with Gasteiger partial charge in [0.25, 0.3) is 0 Å². The molecule has 2 aromatic rings. The van der Waals surface area contributed by atoms with Crippen molar-refractivity contribution in [1.29, 1.82) is 0 Å². The zero-order valence-corrected chi connectivity index (χ0v) is 11.3. The fraction of sp³-hybridized carbons (Fsp3) is 0.133. The van der Waals surface area contributed by atoms with Crippen LogP contribution in [0, 0.1) is 5.21 Å². The minimum absolute atomic E-state index is 0.168. The molecule has 110 valence electrons. The first-order valence-corrected chi connectivity index (χ1v) is 6.50. The predicted octanol–water partition coefficient (Wildman–Crippen LogP) is 0.599. The molecule has 1 amide bonds. The molecule has 2 atom stereocenters. The number of carbonyl (C=O) groups is 1. The van der Waals surface area contributed by atoms with Gasteiger partial charge in [0.1, 0.15) is 0 Å². The SMILES string of the molecule is N[C@@H](Cc1ccccc1)C(=O)Nc1ccc([NH+]([O-])O)cc1. The molecule has 0 bridgehead atoms. The van der Waals surface area contributed by atoms with Crippen molar-refractivity contribution in [2.45, 2.75) is 12.5 Å². The van der Waals surface area contributed by atoms with Gasteiger partial charge < -0.3 is 16.3 Å².